The maximum Gasteiger partial charge on any atom is 0.145 e. The molecule has 0 atom stereocenters. The predicted octanol–water partition coefficient (Wildman–Crippen LogP) is 9.16. The molecule has 0 fully saturated rings. The van der Waals surface area contributed by atoms with Crippen LogP contribution in [0.25, 0.3) is 72.8 Å². The first kappa shape index (κ1) is 21.4. The largest absolute Gasteiger partial charge is 0.354 e. The van der Waals surface area contributed by atoms with Crippen molar-refractivity contribution in [2.24, 2.45) is 0 Å². The first-order valence-electron chi connectivity index (χ1n) is 12.6. The number of benzene rings is 5. The molecular weight excluding hydrogens is 450 g/mol. The Hall–Kier alpha value is -4.89. The molecule has 7 aromatic rings. The zero-order valence-electron chi connectivity index (χ0n) is 20.6. The lowest BCUT2D eigenvalue weighted by molar-refractivity contribution is 1.11. The highest BCUT2D eigenvalue weighted by Gasteiger charge is 2.22. The molecule has 3 heteroatoms. The quantitative estimate of drug-likeness (QED) is 0.270. The summed E-state index contributed by atoms with van der Waals surface area (Å²) in [6, 6.07) is 33.9. The molecule has 0 aliphatic rings. The number of para-hydroxylation sites is 1. The molecule has 7 rings (SSSR count). The summed E-state index contributed by atoms with van der Waals surface area (Å²) in [5.41, 5.74) is 8.74. The molecule has 0 unspecified atom stereocenters. The Bertz CT molecular complexity index is 1990. The number of rotatable bonds is 4. The van der Waals surface area contributed by atoms with Crippen LogP contribution >= 0.6 is 0 Å². The second kappa shape index (κ2) is 8.35. The van der Waals surface area contributed by atoms with E-state index in [0.29, 0.717) is 0 Å². The fourth-order valence-corrected chi connectivity index (χ4v) is 5.70. The maximum atomic E-state index is 5.18. The van der Waals surface area contributed by atoms with Crippen LogP contribution in [0.2, 0.25) is 0 Å². The Balaban J connectivity index is 1.75. The van der Waals surface area contributed by atoms with Crippen LogP contribution in [-0.2, 0) is 0 Å². The van der Waals surface area contributed by atoms with Crippen molar-refractivity contribution in [2.45, 2.75) is 6.92 Å². The molecule has 0 aliphatic heterocycles. The number of allylic oxidation sites excluding steroid dienone is 1. The minimum absolute atomic E-state index is 0.933. The topological polar surface area (TPSA) is 33.6 Å². The number of hydrogen-bond donors (Lipinski definition) is 1. The van der Waals surface area contributed by atoms with Gasteiger partial charge in [0.2, 0.25) is 0 Å². The highest BCUT2D eigenvalue weighted by molar-refractivity contribution is 6.29. The fraction of sp³-hybridized carbons (Fsp3) is 0.0294. The molecule has 0 saturated heterocycles. The van der Waals surface area contributed by atoms with Crippen LogP contribution in [0, 0.1) is 0 Å². The monoisotopic (exact) mass is 475 g/mol. The number of hydrogen-bond acceptors (Lipinski definition) is 1. The molecule has 5 aromatic carbocycles. The summed E-state index contributed by atoms with van der Waals surface area (Å²) in [7, 11) is 0. The minimum Gasteiger partial charge on any atom is -0.354 e. The second-order valence-electron chi connectivity index (χ2n) is 9.28. The molecule has 1 N–H and O–H groups in total. The molecular formula is C34H25N3. The first-order chi connectivity index (χ1) is 18.3. The molecule has 0 spiro atoms. The molecule has 0 amide bonds. The third kappa shape index (κ3) is 3.11. The van der Waals surface area contributed by atoms with Crippen molar-refractivity contribution in [1.82, 2.24) is 14.5 Å². The number of nitrogens with zero attached hydrogens (tertiary/aromatic N) is 2. The molecule has 0 radical (unpaired) electrons. The van der Waals surface area contributed by atoms with Gasteiger partial charge < -0.3 is 4.98 Å². The number of nitrogens with one attached hydrogen (secondary N) is 1. The van der Waals surface area contributed by atoms with Gasteiger partial charge in [-0.25, -0.2) is 4.98 Å². The maximum absolute atomic E-state index is 5.18. The van der Waals surface area contributed by atoms with E-state index in [1.54, 1.807) is 0 Å². The number of H-pyrrole nitrogens is 1. The fourth-order valence-electron chi connectivity index (χ4n) is 5.70. The summed E-state index contributed by atoms with van der Waals surface area (Å²) in [4.78, 5) is 8.95. The number of fused-ring (bicyclic) bond motifs is 7. The van der Waals surface area contributed by atoms with Gasteiger partial charge in [-0.05, 0) is 47.5 Å². The van der Waals surface area contributed by atoms with E-state index in [-0.39, 0.29) is 0 Å². The third-order valence-corrected chi connectivity index (χ3v) is 7.21. The van der Waals surface area contributed by atoms with Crippen molar-refractivity contribution in [2.75, 3.05) is 0 Å². The summed E-state index contributed by atoms with van der Waals surface area (Å²) in [6.07, 6.45) is 6.25. The smallest absolute Gasteiger partial charge is 0.145 e. The van der Waals surface area contributed by atoms with Crippen LogP contribution in [0.3, 0.4) is 0 Å². The van der Waals surface area contributed by atoms with E-state index in [2.05, 4.69) is 126 Å². The Morgan fingerprint density at radius 1 is 0.757 bits per heavy atom. The van der Waals surface area contributed by atoms with Crippen LogP contribution in [0.4, 0.5) is 0 Å². The molecule has 3 nitrogen and oxygen atoms in total. The normalized spacial score (nSPS) is 11.9. The van der Waals surface area contributed by atoms with Crippen LogP contribution in [0.1, 0.15) is 18.1 Å². The standard InChI is InChI=1S/C34H25N3/c1-3-13-25-24(4-2)32-30(27-19-12-11-18-26(25)27)31-28(35-32)20-21-29-33(31)37(23-16-9-6-10-17-23)34(36-29)22-14-7-5-8-15-22/h3-21,35H,2H2,1H3/b13-3-. The Kier molecular flexibility index (Phi) is 4.83. The molecule has 0 aliphatic carbocycles. The van der Waals surface area contributed by atoms with Crippen molar-refractivity contribution < 1.29 is 0 Å². The van der Waals surface area contributed by atoms with E-state index >= 15 is 0 Å². The average Bonchev–Trinajstić information content (AvgIpc) is 3.53. The molecule has 176 valence electrons. The highest BCUT2D eigenvalue weighted by atomic mass is 15.1. The molecule has 0 bridgehead atoms. The van der Waals surface area contributed by atoms with Gasteiger partial charge in [-0.2, -0.15) is 0 Å². The van der Waals surface area contributed by atoms with E-state index in [1.165, 1.54) is 27.1 Å². The van der Waals surface area contributed by atoms with E-state index < -0.39 is 0 Å². The summed E-state index contributed by atoms with van der Waals surface area (Å²) in [5.74, 6) is 0.933. The van der Waals surface area contributed by atoms with Gasteiger partial charge in [0.05, 0.1) is 16.6 Å². The number of imidazole rings is 1. The first-order valence-corrected chi connectivity index (χ1v) is 12.6. The third-order valence-electron chi connectivity index (χ3n) is 7.21. The molecule has 37 heavy (non-hydrogen) atoms. The SMILES string of the molecule is C=Cc1c(/C=C\C)c2ccccc2c2c1[nH]c1ccc3nc(-c4ccccc4)n(-c4ccccc4)c3c12. The molecule has 0 saturated carbocycles. The predicted molar refractivity (Wildman–Crippen MR) is 158 cm³/mol. The van der Waals surface area contributed by atoms with Crippen LogP contribution < -0.4 is 0 Å². The van der Waals surface area contributed by atoms with Crippen molar-refractivity contribution in [3.8, 4) is 17.1 Å². The van der Waals surface area contributed by atoms with Crippen molar-refractivity contribution >= 4 is 55.8 Å². The van der Waals surface area contributed by atoms with Gasteiger partial charge >= 0.3 is 0 Å². The zero-order valence-corrected chi connectivity index (χ0v) is 20.6. The van der Waals surface area contributed by atoms with Crippen LogP contribution in [0.15, 0.2) is 110 Å². The van der Waals surface area contributed by atoms with Gasteiger partial charge in [0.15, 0.2) is 0 Å². The Morgan fingerprint density at radius 2 is 1.46 bits per heavy atom. The van der Waals surface area contributed by atoms with Gasteiger partial charge in [-0.1, -0.05) is 97.6 Å². The average molecular weight is 476 g/mol. The lowest BCUT2D eigenvalue weighted by atomic mass is 9.93. The van der Waals surface area contributed by atoms with Crippen LogP contribution in [-0.4, -0.2) is 14.5 Å². The van der Waals surface area contributed by atoms with Gasteiger partial charge in [0.1, 0.15) is 5.82 Å². The van der Waals surface area contributed by atoms with Crippen molar-refractivity contribution in [3.05, 3.63) is 121 Å². The molecule has 2 heterocycles. The number of aromatic nitrogens is 3. The van der Waals surface area contributed by atoms with Gasteiger partial charge in [-0.15, -0.1) is 0 Å². The van der Waals surface area contributed by atoms with Crippen molar-refractivity contribution in [3.63, 3.8) is 0 Å². The summed E-state index contributed by atoms with van der Waals surface area (Å²) in [5, 5.41) is 4.82. The van der Waals surface area contributed by atoms with Gasteiger partial charge in [0, 0.05) is 33.1 Å². The Morgan fingerprint density at radius 3 is 2.19 bits per heavy atom. The lowest BCUT2D eigenvalue weighted by Crippen LogP contribution is -1.97. The van der Waals surface area contributed by atoms with Gasteiger partial charge in [0.25, 0.3) is 0 Å². The summed E-state index contributed by atoms with van der Waals surface area (Å²) in [6.45, 7) is 6.26. The Labute approximate surface area is 215 Å². The van der Waals surface area contributed by atoms with Crippen LogP contribution in [0.5, 0.6) is 0 Å². The van der Waals surface area contributed by atoms with Gasteiger partial charge in [-0.3, -0.25) is 4.57 Å². The van der Waals surface area contributed by atoms with E-state index in [1.807, 2.05) is 12.1 Å². The minimum atomic E-state index is 0.933. The van der Waals surface area contributed by atoms with E-state index in [4.69, 9.17) is 4.98 Å². The second-order valence-corrected chi connectivity index (χ2v) is 9.28. The molecule has 2 aromatic heterocycles. The lowest BCUT2D eigenvalue weighted by Gasteiger charge is -2.12. The highest BCUT2D eigenvalue weighted by Crippen LogP contribution is 2.42. The van der Waals surface area contributed by atoms with E-state index in [9.17, 15) is 0 Å². The summed E-state index contributed by atoms with van der Waals surface area (Å²) >= 11 is 0. The van der Waals surface area contributed by atoms with E-state index in [0.717, 1.165) is 44.7 Å². The summed E-state index contributed by atoms with van der Waals surface area (Å²) < 4.78 is 2.31. The zero-order chi connectivity index (χ0) is 24.9. The number of aromatic amines is 1. The van der Waals surface area contributed by atoms with Crippen molar-refractivity contribution in [1.29, 1.82) is 0 Å².